The van der Waals surface area contributed by atoms with E-state index in [0.29, 0.717) is 24.6 Å². The molecule has 1 fully saturated rings. The molecular formula is C18H16FN5O2S. The minimum absolute atomic E-state index is 0.114. The van der Waals surface area contributed by atoms with Crippen molar-refractivity contribution in [2.75, 3.05) is 18.0 Å². The first-order valence-electron chi connectivity index (χ1n) is 8.33. The van der Waals surface area contributed by atoms with E-state index < -0.39 is 11.7 Å². The number of imidazole rings is 1. The van der Waals surface area contributed by atoms with Crippen molar-refractivity contribution in [2.45, 2.75) is 6.54 Å². The molecule has 0 bridgehead atoms. The molecule has 9 heteroatoms. The lowest BCUT2D eigenvalue weighted by Gasteiger charge is -2.15. The average Bonchev–Trinajstić information content (AvgIpc) is 3.41. The number of H-pyrrole nitrogens is 1. The molecule has 1 saturated heterocycles. The fourth-order valence-corrected chi connectivity index (χ4v) is 3.53. The normalized spacial score (nSPS) is 13.7. The number of rotatable bonds is 5. The van der Waals surface area contributed by atoms with Crippen molar-refractivity contribution in [2.24, 2.45) is 0 Å². The Morgan fingerprint density at radius 3 is 3.00 bits per heavy atom. The zero-order chi connectivity index (χ0) is 18.8. The van der Waals surface area contributed by atoms with Crippen LogP contribution in [0.3, 0.4) is 0 Å². The summed E-state index contributed by atoms with van der Waals surface area (Å²) in [7, 11) is 0. The van der Waals surface area contributed by atoms with Gasteiger partial charge in [-0.3, -0.25) is 9.69 Å². The van der Waals surface area contributed by atoms with E-state index in [1.54, 1.807) is 17.5 Å². The van der Waals surface area contributed by atoms with Crippen molar-refractivity contribution in [3.63, 3.8) is 0 Å². The number of carbonyl (C=O) groups excluding carboxylic acids is 2. The van der Waals surface area contributed by atoms with Crippen LogP contribution in [0.15, 0.2) is 41.9 Å². The molecular weight excluding hydrogens is 369 g/mol. The minimum atomic E-state index is -0.644. The zero-order valence-corrected chi connectivity index (χ0v) is 15.0. The summed E-state index contributed by atoms with van der Waals surface area (Å²) >= 11 is 1.58. The predicted octanol–water partition coefficient (Wildman–Crippen LogP) is 2.74. The van der Waals surface area contributed by atoms with E-state index in [9.17, 15) is 14.0 Å². The quantitative estimate of drug-likeness (QED) is 0.631. The Kier molecular flexibility index (Phi) is 4.59. The van der Waals surface area contributed by atoms with E-state index in [-0.39, 0.29) is 18.1 Å². The summed E-state index contributed by atoms with van der Waals surface area (Å²) in [5.41, 5.74) is 1.23. The fraction of sp³-hybridized carbons (Fsp3) is 0.167. The van der Waals surface area contributed by atoms with Crippen LogP contribution in [-0.2, 0) is 6.54 Å². The van der Waals surface area contributed by atoms with Crippen molar-refractivity contribution in [1.82, 2.24) is 20.6 Å². The summed E-state index contributed by atoms with van der Waals surface area (Å²) in [4.78, 5) is 34.0. The standard InChI is InChI=1S/C18H16FN5O2S/c19-13-4-3-11(24-6-5-20-18(24)26)8-12(13)17(25)22-10-16-21-9-14(23-16)15-2-1-7-27-15/h1-4,7-9H,5-6,10H2,(H,20,26)(H,21,23)(H,22,25). The molecule has 2 aromatic heterocycles. The van der Waals surface area contributed by atoms with Gasteiger partial charge in [0.25, 0.3) is 5.91 Å². The van der Waals surface area contributed by atoms with E-state index in [1.807, 2.05) is 17.5 Å². The molecule has 3 heterocycles. The molecule has 1 aliphatic heterocycles. The van der Waals surface area contributed by atoms with Gasteiger partial charge in [-0.2, -0.15) is 0 Å². The maximum absolute atomic E-state index is 14.1. The number of halogens is 1. The Morgan fingerprint density at radius 2 is 2.26 bits per heavy atom. The monoisotopic (exact) mass is 385 g/mol. The highest BCUT2D eigenvalue weighted by molar-refractivity contribution is 7.13. The highest BCUT2D eigenvalue weighted by Gasteiger charge is 2.23. The van der Waals surface area contributed by atoms with Crippen LogP contribution in [-0.4, -0.2) is 35.0 Å². The van der Waals surface area contributed by atoms with Gasteiger partial charge in [-0.25, -0.2) is 14.2 Å². The molecule has 1 aliphatic rings. The van der Waals surface area contributed by atoms with Crippen LogP contribution < -0.4 is 15.5 Å². The number of benzene rings is 1. The van der Waals surface area contributed by atoms with Gasteiger partial charge < -0.3 is 15.6 Å². The molecule has 0 radical (unpaired) electrons. The van der Waals surface area contributed by atoms with Gasteiger partial charge in [0, 0.05) is 18.8 Å². The molecule has 3 N–H and O–H groups in total. The van der Waals surface area contributed by atoms with Crippen LogP contribution in [0.4, 0.5) is 14.9 Å². The van der Waals surface area contributed by atoms with Gasteiger partial charge in [-0.15, -0.1) is 11.3 Å². The number of hydrogen-bond donors (Lipinski definition) is 3. The van der Waals surface area contributed by atoms with Crippen LogP contribution >= 0.6 is 11.3 Å². The number of urea groups is 1. The summed E-state index contributed by atoms with van der Waals surface area (Å²) in [6.07, 6.45) is 1.69. The van der Waals surface area contributed by atoms with Crippen LogP contribution in [0, 0.1) is 5.82 Å². The molecule has 0 atom stereocenters. The van der Waals surface area contributed by atoms with Crippen molar-refractivity contribution in [1.29, 1.82) is 0 Å². The predicted molar refractivity (Wildman–Crippen MR) is 100 cm³/mol. The first kappa shape index (κ1) is 17.2. The van der Waals surface area contributed by atoms with Crippen molar-refractivity contribution in [3.05, 3.63) is 59.1 Å². The Labute approximate surface area is 158 Å². The Hall–Kier alpha value is -3.20. The molecule has 0 unspecified atom stereocenters. The lowest BCUT2D eigenvalue weighted by atomic mass is 10.1. The van der Waals surface area contributed by atoms with E-state index in [0.717, 1.165) is 10.6 Å². The highest BCUT2D eigenvalue weighted by atomic mass is 32.1. The highest BCUT2D eigenvalue weighted by Crippen LogP contribution is 2.23. The number of thiophene rings is 1. The van der Waals surface area contributed by atoms with E-state index in [1.165, 1.54) is 23.1 Å². The summed E-state index contributed by atoms with van der Waals surface area (Å²) in [6.45, 7) is 1.13. The Bertz CT molecular complexity index is 986. The molecule has 27 heavy (non-hydrogen) atoms. The Morgan fingerprint density at radius 1 is 1.37 bits per heavy atom. The van der Waals surface area contributed by atoms with Crippen molar-refractivity contribution in [3.8, 4) is 10.6 Å². The molecule has 0 spiro atoms. The molecule has 7 nitrogen and oxygen atoms in total. The van der Waals surface area contributed by atoms with E-state index >= 15 is 0 Å². The number of carbonyl (C=O) groups is 2. The molecule has 4 rings (SSSR count). The lowest BCUT2D eigenvalue weighted by Crippen LogP contribution is -2.29. The number of anilines is 1. The number of aromatic nitrogens is 2. The largest absolute Gasteiger partial charge is 0.345 e. The van der Waals surface area contributed by atoms with Gasteiger partial charge in [-0.05, 0) is 29.6 Å². The van der Waals surface area contributed by atoms with Gasteiger partial charge in [0.2, 0.25) is 0 Å². The van der Waals surface area contributed by atoms with Gasteiger partial charge in [0.1, 0.15) is 11.6 Å². The maximum atomic E-state index is 14.1. The molecule has 0 saturated carbocycles. The molecule has 3 aromatic rings. The van der Waals surface area contributed by atoms with Crippen LogP contribution in [0.1, 0.15) is 16.2 Å². The van der Waals surface area contributed by atoms with Gasteiger partial charge >= 0.3 is 6.03 Å². The Balaban J connectivity index is 1.46. The zero-order valence-electron chi connectivity index (χ0n) is 14.2. The van der Waals surface area contributed by atoms with Gasteiger partial charge in [-0.1, -0.05) is 6.07 Å². The second kappa shape index (κ2) is 7.20. The summed E-state index contributed by atoms with van der Waals surface area (Å²) in [5, 5.41) is 7.29. The number of nitrogens with one attached hydrogen (secondary N) is 3. The number of aromatic amines is 1. The third-order valence-corrected chi connectivity index (χ3v) is 5.10. The molecule has 138 valence electrons. The van der Waals surface area contributed by atoms with E-state index in [4.69, 9.17) is 0 Å². The summed E-state index contributed by atoms with van der Waals surface area (Å²) in [5.74, 6) is -0.639. The molecule has 3 amide bonds. The van der Waals surface area contributed by atoms with Gasteiger partial charge in [0.15, 0.2) is 0 Å². The first-order chi connectivity index (χ1) is 13.1. The van der Waals surface area contributed by atoms with Crippen LogP contribution in [0.25, 0.3) is 10.6 Å². The van der Waals surface area contributed by atoms with Crippen molar-refractivity contribution < 1.29 is 14.0 Å². The smallest absolute Gasteiger partial charge is 0.321 e. The SMILES string of the molecule is O=C(NCc1ncc(-c2cccs2)[nH]1)c1cc(N2CCNC2=O)ccc1F. The third kappa shape index (κ3) is 3.54. The van der Waals surface area contributed by atoms with Gasteiger partial charge in [0.05, 0.1) is 28.9 Å². The topological polar surface area (TPSA) is 90.1 Å². The van der Waals surface area contributed by atoms with E-state index in [2.05, 4.69) is 20.6 Å². The maximum Gasteiger partial charge on any atom is 0.321 e. The molecule has 1 aromatic carbocycles. The average molecular weight is 385 g/mol. The second-order valence-electron chi connectivity index (χ2n) is 5.95. The lowest BCUT2D eigenvalue weighted by molar-refractivity contribution is 0.0946. The minimum Gasteiger partial charge on any atom is -0.345 e. The summed E-state index contributed by atoms with van der Waals surface area (Å²) in [6, 6.07) is 7.71. The summed E-state index contributed by atoms with van der Waals surface area (Å²) < 4.78 is 14.1. The number of nitrogens with zero attached hydrogens (tertiary/aromatic N) is 2. The molecule has 0 aliphatic carbocycles. The number of amides is 3. The third-order valence-electron chi connectivity index (χ3n) is 4.19. The first-order valence-corrected chi connectivity index (χ1v) is 9.20. The van der Waals surface area contributed by atoms with Crippen LogP contribution in [0.5, 0.6) is 0 Å². The number of hydrogen-bond acceptors (Lipinski definition) is 4. The second-order valence-corrected chi connectivity index (χ2v) is 6.90. The fourth-order valence-electron chi connectivity index (χ4n) is 2.84. The van der Waals surface area contributed by atoms with Crippen LogP contribution in [0.2, 0.25) is 0 Å². The van der Waals surface area contributed by atoms with Crippen molar-refractivity contribution >= 4 is 29.0 Å².